The van der Waals surface area contributed by atoms with Crippen LogP contribution in [0.15, 0.2) is 52.2 Å². The maximum Gasteiger partial charge on any atom is 0.172 e. The first kappa shape index (κ1) is 15.3. The van der Waals surface area contributed by atoms with Gasteiger partial charge in [-0.3, -0.25) is 4.98 Å². The number of hydrogen-bond donors (Lipinski definition) is 2. The van der Waals surface area contributed by atoms with Gasteiger partial charge >= 0.3 is 0 Å². The molecule has 5 nitrogen and oxygen atoms in total. The number of nitrogens with two attached hydrogens (primary N) is 1. The second-order valence-corrected chi connectivity index (χ2v) is 5.56. The normalized spacial score (nSPS) is 11.4. The van der Waals surface area contributed by atoms with Crippen molar-refractivity contribution in [3.63, 3.8) is 0 Å². The summed E-state index contributed by atoms with van der Waals surface area (Å²) in [5.41, 5.74) is 8.37. The third kappa shape index (κ3) is 3.95. The monoisotopic (exact) mass is 348 g/mol. The molecule has 0 spiro atoms. The molecule has 2 rings (SSSR count). The van der Waals surface area contributed by atoms with Gasteiger partial charge in [-0.25, -0.2) is 0 Å². The summed E-state index contributed by atoms with van der Waals surface area (Å²) in [6.07, 6.45) is 2.61. The number of oxime groups is 1. The minimum absolute atomic E-state index is 0.0992. The number of rotatable bonds is 5. The Labute approximate surface area is 132 Å². The fourth-order valence-electron chi connectivity index (χ4n) is 2.04. The molecule has 1 heterocycles. The maximum absolute atomic E-state index is 8.89. The molecule has 0 aliphatic rings. The molecule has 110 valence electrons. The van der Waals surface area contributed by atoms with Gasteiger partial charge in [-0.1, -0.05) is 27.2 Å². The van der Waals surface area contributed by atoms with E-state index in [2.05, 4.69) is 31.0 Å². The van der Waals surface area contributed by atoms with Crippen molar-refractivity contribution in [2.45, 2.75) is 6.42 Å². The molecular formula is C15H17BrN4O. The average molecular weight is 349 g/mol. The molecule has 0 unspecified atom stereocenters. The van der Waals surface area contributed by atoms with Crippen molar-refractivity contribution in [3.8, 4) is 0 Å². The lowest BCUT2D eigenvalue weighted by molar-refractivity contribution is 0.318. The van der Waals surface area contributed by atoms with Crippen LogP contribution >= 0.6 is 15.9 Å². The topological polar surface area (TPSA) is 74.7 Å². The van der Waals surface area contributed by atoms with E-state index in [0.717, 1.165) is 28.8 Å². The van der Waals surface area contributed by atoms with Crippen molar-refractivity contribution in [1.82, 2.24) is 4.98 Å². The van der Waals surface area contributed by atoms with Crippen molar-refractivity contribution in [3.05, 3.63) is 58.3 Å². The highest BCUT2D eigenvalue weighted by Crippen LogP contribution is 2.24. The zero-order valence-electron chi connectivity index (χ0n) is 11.7. The van der Waals surface area contributed by atoms with Crippen LogP contribution < -0.4 is 10.6 Å². The molecule has 1 aromatic carbocycles. The Bertz CT molecular complexity index is 631. The molecule has 6 heteroatoms. The molecule has 0 amide bonds. The highest BCUT2D eigenvalue weighted by molar-refractivity contribution is 9.10. The molecule has 0 aliphatic carbocycles. The second-order valence-electron chi connectivity index (χ2n) is 4.64. The SMILES string of the molecule is CN(CCc1ccccn1)c1cc(Br)ccc1/C(N)=N/O. The van der Waals surface area contributed by atoms with E-state index >= 15 is 0 Å². The second kappa shape index (κ2) is 7.08. The smallest absolute Gasteiger partial charge is 0.172 e. The van der Waals surface area contributed by atoms with Crippen LogP contribution in [0.25, 0.3) is 0 Å². The number of anilines is 1. The Kier molecular flexibility index (Phi) is 5.16. The molecular weight excluding hydrogens is 332 g/mol. The van der Waals surface area contributed by atoms with Crippen LogP contribution in [0.5, 0.6) is 0 Å². The first-order valence-electron chi connectivity index (χ1n) is 6.50. The molecule has 2 aromatic rings. The van der Waals surface area contributed by atoms with Gasteiger partial charge in [-0.15, -0.1) is 0 Å². The lowest BCUT2D eigenvalue weighted by atomic mass is 10.1. The molecule has 1 aromatic heterocycles. The predicted molar refractivity (Wildman–Crippen MR) is 87.9 cm³/mol. The van der Waals surface area contributed by atoms with E-state index in [0.29, 0.717) is 5.56 Å². The van der Waals surface area contributed by atoms with Crippen molar-refractivity contribution in [2.24, 2.45) is 10.9 Å². The van der Waals surface area contributed by atoms with Crippen molar-refractivity contribution >= 4 is 27.5 Å². The minimum atomic E-state index is 0.0992. The number of likely N-dealkylation sites (N-methyl/N-ethyl adjacent to an activating group) is 1. The van der Waals surface area contributed by atoms with Gasteiger partial charge in [0.1, 0.15) is 0 Å². The minimum Gasteiger partial charge on any atom is -0.409 e. The largest absolute Gasteiger partial charge is 0.409 e. The third-order valence-electron chi connectivity index (χ3n) is 3.18. The third-order valence-corrected chi connectivity index (χ3v) is 3.68. The van der Waals surface area contributed by atoms with Crippen molar-refractivity contribution in [1.29, 1.82) is 0 Å². The molecule has 0 aliphatic heterocycles. The van der Waals surface area contributed by atoms with Crippen LogP contribution in [-0.4, -0.2) is 29.6 Å². The van der Waals surface area contributed by atoms with Gasteiger partial charge in [-0.2, -0.15) is 0 Å². The Morgan fingerprint density at radius 1 is 1.38 bits per heavy atom. The van der Waals surface area contributed by atoms with Crippen LogP contribution in [0.1, 0.15) is 11.3 Å². The van der Waals surface area contributed by atoms with Crippen molar-refractivity contribution in [2.75, 3.05) is 18.5 Å². The van der Waals surface area contributed by atoms with Gasteiger partial charge in [0.2, 0.25) is 0 Å². The van der Waals surface area contributed by atoms with Crippen LogP contribution in [-0.2, 0) is 6.42 Å². The van der Waals surface area contributed by atoms with Gasteiger partial charge in [0.15, 0.2) is 5.84 Å². The number of benzene rings is 1. The molecule has 0 saturated heterocycles. The van der Waals surface area contributed by atoms with E-state index in [1.165, 1.54) is 0 Å². The van der Waals surface area contributed by atoms with Crippen LogP contribution in [0.2, 0.25) is 0 Å². The lowest BCUT2D eigenvalue weighted by Gasteiger charge is -2.22. The summed E-state index contributed by atoms with van der Waals surface area (Å²) in [6, 6.07) is 11.5. The molecule has 0 saturated carbocycles. The summed E-state index contributed by atoms with van der Waals surface area (Å²) in [6.45, 7) is 0.777. The molecule has 0 atom stereocenters. The summed E-state index contributed by atoms with van der Waals surface area (Å²) in [5.74, 6) is 0.0992. The number of halogens is 1. The molecule has 21 heavy (non-hydrogen) atoms. The Balaban J connectivity index is 2.18. The number of hydrogen-bond acceptors (Lipinski definition) is 4. The van der Waals surface area contributed by atoms with E-state index in [1.807, 2.05) is 43.4 Å². The van der Waals surface area contributed by atoms with Crippen LogP contribution in [0.4, 0.5) is 5.69 Å². The highest BCUT2D eigenvalue weighted by atomic mass is 79.9. The standard InChI is InChI=1S/C15H17BrN4O/c1-20(9-7-12-4-2-3-8-18-12)14-10-11(16)5-6-13(14)15(17)19-21/h2-6,8,10,21H,7,9H2,1H3,(H2,17,19). The Hall–Kier alpha value is -2.08. The quantitative estimate of drug-likeness (QED) is 0.377. The zero-order chi connectivity index (χ0) is 15.2. The Morgan fingerprint density at radius 2 is 2.19 bits per heavy atom. The average Bonchev–Trinajstić information content (AvgIpc) is 2.52. The van der Waals surface area contributed by atoms with Crippen LogP contribution in [0, 0.1) is 0 Å². The van der Waals surface area contributed by atoms with E-state index in [-0.39, 0.29) is 5.84 Å². The van der Waals surface area contributed by atoms with Gasteiger partial charge in [0.25, 0.3) is 0 Å². The fraction of sp³-hybridized carbons (Fsp3) is 0.200. The van der Waals surface area contributed by atoms with E-state index in [1.54, 1.807) is 6.20 Å². The van der Waals surface area contributed by atoms with E-state index in [4.69, 9.17) is 10.9 Å². The fourth-order valence-corrected chi connectivity index (χ4v) is 2.39. The summed E-state index contributed by atoms with van der Waals surface area (Å²) >= 11 is 3.45. The van der Waals surface area contributed by atoms with Gasteiger partial charge in [0.05, 0.1) is 0 Å². The van der Waals surface area contributed by atoms with Crippen LogP contribution in [0.3, 0.4) is 0 Å². The summed E-state index contributed by atoms with van der Waals surface area (Å²) < 4.78 is 0.941. The maximum atomic E-state index is 8.89. The first-order chi connectivity index (χ1) is 10.1. The number of aromatic nitrogens is 1. The molecule has 0 fully saturated rings. The zero-order valence-corrected chi connectivity index (χ0v) is 13.3. The predicted octanol–water partition coefficient (Wildman–Crippen LogP) is 2.62. The van der Waals surface area contributed by atoms with Gasteiger partial charge in [0, 0.05) is 47.6 Å². The van der Waals surface area contributed by atoms with Gasteiger partial charge < -0.3 is 15.8 Å². The Morgan fingerprint density at radius 3 is 2.86 bits per heavy atom. The molecule has 3 N–H and O–H groups in total. The summed E-state index contributed by atoms with van der Waals surface area (Å²) in [5, 5.41) is 12.0. The van der Waals surface area contributed by atoms with E-state index in [9.17, 15) is 0 Å². The van der Waals surface area contributed by atoms with Gasteiger partial charge in [-0.05, 0) is 30.3 Å². The number of pyridine rings is 1. The van der Waals surface area contributed by atoms with Crippen molar-refractivity contribution < 1.29 is 5.21 Å². The summed E-state index contributed by atoms with van der Waals surface area (Å²) in [7, 11) is 1.97. The highest BCUT2D eigenvalue weighted by Gasteiger charge is 2.12. The molecule has 0 bridgehead atoms. The number of amidine groups is 1. The first-order valence-corrected chi connectivity index (χ1v) is 7.29. The molecule has 0 radical (unpaired) electrons. The summed E-state index contributed by atoms with van der Waals surface area (Å²) in [4.78, 5) is 6.37. The lowest BCUT2D eigenvalue weighted by Crippen LogP contribution is -2.25. The van der Waals surface area contributed by atoms with E-state index < -0.39 is 0 Å². The number of nitrogens with zero attached hydrogens (tertiary/aromatic N) is 3.